The lowest BCUT2D eigenvalue weighted by Crippen LogP contribution is -2.31. The first kappa shape index (κ1) is 11.8. The van der Waals surface area contributed by atoms with Crippen LogP contribution < -0.4 is 10.6 Å². The molecular formula is C11H15N5S. The second-order valence-corrected chi connectivity index (χ2v) is 4.58. The van der Waals surface area contributed by atoms with Crippen LogP contribution in [0.2, 0.25) is 0 Å². The Morgan fingerprint density at radius 1 is 1.59 bits per heavy atom. The normalized spacial score (nSPS) is 12.6. The van der Waals surface area contributed by atoms with Crippen LogP contribution in [0.25, 0.3) is 5.65 Å². The van der Waals surface area contributed by atoms with E-state index in [1.165, 1.54) is 0 Å². The molecule has 6 heteroatoms. The van der Waals surface area contributed by atoms with Gasteiger partial charge in [-0.15, -0.1) is 0 Å². The zero-order valence-electron chi connectivity index (χ0n) is 9.87. The molecule has 0 radical (unpaired) electrons. The summed E-state index contributed by atoms with van der Waals surface area (Å²) < 4.78 is 1.73. The molecule has 1 atom stereocenters. The number of anilines is 1. The van der Waals surface area contributed by atoms with Gasteiger partial charge in [-0.3, -0.25) is 0 Å². The molecule has 0 saturated carbocycles. The molecular weight excluding hydrogens is 234 g/mol. The Labute approximate surface area is 105 Å². The number of rotatable bonds is 4. The van der Waals surface area contributed by atoms with E-state index in [4.69, 9.17) is 18.0 Å². The lowest BCUT2D eigenvalue weighted by atomic mass is 10.2. The highest BCUT2D eigenvalue weighted by atomic mass is 32.1. The average Bonchev–Trinajstić information content (AvgIpc) is 2.75. The minimum absolute atomic E-state index is 0.165. The van der Waals surface area contributed by atoms with E-state index in [0.29, 0.717) is 4.99 Å². The van der Waals surface area contributed by atoms with E-state index in [-0.39, 0.29) is 5.92 Å². The predicted molar refractivity (Wildman–Crippen MR) is 72.2 cm³/mol. The lowest BCUT2D eigenvalue weighted by Gasteiger charge is -2.21. The van der Waals surface area contributed by atoms with E-state index in [0.717, 1.165) is 18.0 Å². The predicted octanol–water partition coefficient (Wildman–Crippen LogP) is 1.09. The summed E-state index contributed by atoms with van der Waals surface area (Å²) in [7, 11) is 1.98. The van der Waals surface area contributed by atoms with Crippen molar-refractivity contribution in [2.75, 3.05) is 18.5 Å². The summed E-state index contributed by atoms with van der Waals surface area (Å²) in [5.74, 6) is 1.05. The molecule has 0 saturated heterocycles. The van der Waals surface area contributed by atoms with E-state index in [1.54, 1.807) is 10.7 Å². The Morgan fingerprint density at radius 2 is 2.35 bits per heavy atom. The Kier molecular flexibility index (Phi) is 3.23. The maximum Gasteiger partial charge on any atom is 0.157 e. The third-order valence-electron chi connectivity index (χ3n) is 2.67. The monoisotopic (exact) mass is 249 g/mol. The number of nitrogens with two attached hydrogens (primary N) is 1. The fourth-order valence-corrected chi connectivity index (χ4v) is 1.68. The molecule has 0 amide bonds. The van der Waals surface area contributed by atoms with Crippen molar-refractivity contribution in [2.24, 2.45) is 11.7 Å². The highest BCUT2D eigenvalue weighted by Gasteiger charge is 2.10. The van der Waals surface area contributed by atoms with Crippen LogP contribution in [0.15, 0.2) is 24.5 Å². The minimum atomic E-state index is 0.165. The van der Waals surface area contributed by atoms with Gasteiger partial charge in [0.2, 0.25) is 0 Å². The Morgan fingerprint density at radius 3 is 3.06 bits per heavy atom. The van der Waals surface area contributed by atoms with Crippen molar-refractivity contribution < 1.29 is 0 Å². The van der Waals surface area contributed by atoms with Crippen molar-refractivity contribution in [1.29, 1.82) is 0 Å². The number of aromatic nitrogens is 3. The van der Waals surface area contributed by atoms with Gasteiger partial charge in [0.05, 0.1) is 11.2 Å². The van der Waals surface area contributed by atoms with Crippen molar-refractivity contribution in [3.05, 3.63) is 24.5 Å². The third kappa shape index (κ3) is 2.52. The summed E-state index contributed by atoms with van der Waals surface area (Å²) in [6.45, 7) is 2.77. The van der Waals surface area contributed by atoms with Gasteiger partial charge in [-0.25, -0.2) is 9.50 Å². The molecule has 0 fully saturated rings. The van der Waals surface area contributed by atoms with Gasteiger partial charge in [-0.05, 0) is 6.07 Å². The standard InChI is InChI=1S/C11H15N5S/c1-8(11(12)17)7-15(2)9-4-6-16-10(14-9)3-5-13-16/h3-6,8H,7H2,1-2H3,(H2,12,17). The molecule has 0 aliphatic carbocycles. The topological polar surface area (TPSA) is 59.5 Å². The Hall–Kier alpha value is -1.69. The molecule has 0 aliphatic heterocycles. The first-order valence-corrected chi connectivity index (χ1v) is 5.79. The fourth-order valence-electron chi connectivity index (χ4n) is 1.61. The van der Waals surface area contributed by atoms with Crippen molar-refractivity contribution in [3.8, 4) is 0 Å². The van der Waals surface area contributed by atoms with Gasteiger partial charge in [0.1, 0.15) is 5.82 Å². The van der Waals surface area contributed by atoms with Crippen LogP contribution in [-0.2, 0) is 0 Å². The summed E-state index contributed by atoms with van der Waals surface area (Å²) in [4.78, 5) is 7.06. The molecule has 0 spiro atoms. The van der Waals surface area contributed by atoms with Crippen LogP contribution in [-0.4, -0.2) is 33.2 Å². The first-order valence-electron chi connectivity index (χ1n) is 5.39. The number of hydrogen-bond donors (Lipinski definition) is 1. The zero-order chi connectivity index (χ0) is 12.4. The van der Waals surface area contributed by atoms with E-state index < -0.39 is 0 Å². The van der Waals surface area contributed by atoms with Crippen LogP contribution in [0.5, 0.6) is 0 Å². The van der Waals surface area contributed by atoms with E-state index in [9.17, 15) is 0 Å². The molecule has 2 heterocycles. The van der Waals surface area contributed by atoms with Gasteiger partial charge in [-0.2, -0.15) is 5.10 Å². The number of thiocarbonyl (C=S) groups is 1. The van der Waals surface area contributed by atoms with Crippen molar-refractivity contribution in [2.45, 2.75) is 6.92 Å². The summed E-state index contributed by atoms with van der Waals surface area (Å²) in [6.07, 6.45) is 3.61. The van der Waals surface area contributed by atoms with Gasteiger partial charge in [0.25, 0.3) is 0 Å². The molecule has 2 aromatic rings. The number of nitrogens with zero attached hydrogens (tertiary/aromatic N) is 4. The molecule has 0 aliphatic rings. The molecule has 1 unspecified atom stereocenters. The van der Waals surface area contributed by atoms with E-state index in [1.807, 2.05) is 37.2 Å². The molecule has 0 bridgehead atoms. The molecule has 2 aromatic heterocycles. The summed E-state index contributed by atoms with van der Waals surface area (Å²) in [6, 6.07) is 3.79. The van der Waals surface area contributed by atoms with Crippen LogP contribution >= 0.6 is 12.2 Å². The van der Waals surface area contributed by atoms with Crippen LogP contribution in [0.4, 0.5) is 5.82 Å². The summed E-state index contributed by atoms with van der Waals surface area (Å²) in [5.41, 5.74) is 6.44. The largest absolute Gasteiger partial charge is 0.393 e. The highest BCUT2D eigenvalue weighted by Crippen LogP contribution is 2.12. The second-order valence-electron chi connectivity index (χ2n) is 4.10. The van der Waals surface area contributed by atoms with Crippen molar-refractivity contribution >= 4 is 28.7 Å². The van der Waals surface area contributed by atoms with E-state index >= 15 is 0 Å². The maximum atomic E-state index is 5.61. The Balaban J connectivity index is 2.18. The smallest absolute Gasteiger partial charge is 0.157 e. The molecule has 90 valence electrons. The van der Waals surface area contributed by atoms with Gasteiger partial charge in [0, 0.05) is 31.8 Å². The zero-order valence-corrected chi connectivity index (χ0v) is 10.7. The number of fused-ring (bicyclic) bond motifs is 1. The molecule has 0 aromatic carbocycles. The summed E-state index contributed by atoms with van der Waals surface area (Å²) >= 11 is 4.97. The lowest BCUT2D eigenvalue weighted by molar-refractivity contribution is 0.734. The Bertz CT molecular complexity index is 535. The summed E-state index contributed by atoms with van der Waals surface area (Å²) in [5, 5.41) is 4.10. The molecule has 17 heavy (non-hydrogen) atoms. The highest BCUT2D eigenvalue weighted by molar-refractivity contribution is 7.80. The van der Waals surface area contributed by atoms with Crippen LogP contribution in [0, 0.1) is 5.92 Å². The van der Waals surface area contributed by atoms with Crippen molar-refractivity contribution in [1.82, 2.24) is 14.6 Å². The average molecular weight is 249 g/mol. The van der Waals surface area contributed by atoms with Crippen LogP contribution in [0.1, 0.15) is 6.92 Å². The third-order valence-corrected chi connectivity index (χ3v) is 3.07. The van der Waals surface area contributed by atoms with Crippen LogP contribution in [0.3, 0.4) is 0 Å². The van der Waals surface area contributed by atoms with E-state index in [2.05, 4.69) is 10.1 Å². The SMILES string of the molecule is CC(CN(C)c1ccn2nccc2n1)C(N)=S. The van der Waals surface area contributed by atoms with Gasteiger partial charge in [0.15, 0.2) is 5.65 Å². The van der Waals surface area contributed by atoms with Gasteiger partial charge >= 0.3 is 0 Å². The van der Waals surface area contributed by atoms with Gasteiger partial charge < -0.3 is 10.6 Å². The maximum absolute atomic E-state index is 5.61. The fraction of sp³-hybridized carbons (Fsp3) is 0.364. The molecule has 5 nitrogen and oxygen atoms in total. The minimum Gasteiger partial charge on any atom is -0.393 e. The van der Waals surface area contributed by atoms with Crippen molar-refractivity contribution in [3.63, 3.8) is 0 Å². The second kappa shape index (κ2) is 4.67. The molecule has 2 rings (SSSR count). The number of hydrogen-bond acceptors (Lipinski definition) is 4. The quantitative estimate of drug-likeness (QED) is 0.822. The molecule has 2 N–H and O–H groups in total. The van der Waals surface area contributed by atoms with Gasteiger partial charge in [-0.1, -0.05) is 19.1 Å². The first-order chi connectivity index (χ1) is 8.08.